The molecule has 2 rings (SSSR count). The van der Waals surface area contributed by atoms with Gasteiger partial charge in [-0.05, 0) is 12.1 Å². The largest absolute Gasteiger partial charge is 0.275 e. The van der Waals surface area contributed by atoms with Gasteiger partial charge in [-0.25, -0.2) is 0 Å². The highest BCUT2D eigenvalue weighted by Crippen LogP contribution is 2.29. The second kappa shape index (κ2) is 5.83. The lowest BCUT2D eigenvalue weighted by molar-refractivity contribution is -0.116. The zero-order valence-electron chi connectivity index (χ0n) is 10.1. The minimum Gasteiger partial charge on any atom is -0.275 e. The first-order chi connectivity index (χ1) is 9.11. The Balaban J connectivity index is 2.30. The van der Waals surface area contributed by atoms with Crippen LogP contribution in [0.3, 0.4) is 0 Å². The monoisotopic (exact) mass is 291 g/mol. The maximum Gasteiger partial charge on any atom is 0.226 e. The fourth-order valence-electron chi connectivity index (χ4n) is 1.44. The lowest BCUT2D eigenvalue weighted by atomic mass is 10.2. The highest BCUT2D eigenvalue weighted by atomic mass is 35.5. The van der Waals surface area contributed by atoms with Crippen molar-refractivity contribution in [3.8, 4) is 22.9 Å². The SMILES string of the molecule is C#CCN(C(C)=O)c1nnc(-c2ccc(Cl)cc2)s1. The number of terminal acetylenes is 1. The third-order valence-electron chi connectivity index (χ3n) is 2.37. The van der Waals surface area contributed by atoms with Crippen LogP contribution in [0, 0.1) is 12.3 Å². The summed E-state index contributed by atoms with van der Waals surface area (Å²) in [5.41, 5.74) is 0.900. The molecule has 0 aliphatic carbocycles. The summed E-state index contributed by atoms with van der Waals surface area (Å²) < 4.78 is 0. The van der Waals surface area contributed by atoms with E-state index in [4.69, 9.17) is 18.0 Å². The molecule has 0 unspecified atom stereocenters. The second-order valence-electron chi connectivity index (χ2n) is 3.71. The number of hydrogen-bond acceptors (Lipinski definition) is 4. The van der Waals surface area contributed by atoms with Gasteiger partial charge < -0.3 is 0 Å². The van der Waals surface area contributed by atoms with Crippen molar-refractivity contribution in [1.82, 2.24) is 10.2 Å². The molecule has 0 radical (unpaired) electrons. The highest BCUT2D eigenvalue weighted by Gasteiger charge is 2.16. The van der Waals surface area contributed by atoms with Gasteiger partial charge in [-0.1, -0.05) is 41.0 Å². The normalized spacial score (nSPS) is 9.95. The van der Waals surface area contributed by atoms with E-state index < -0.39 is 0 Å². The number of anilines is 1. The Bertz CT molecular complexity index is 630. The number of hydrogen-bond donors (Lipinski definition) is 0. The van der Waals surface area contributed by atoms with Crippen LogP contribution in [0.25, 0.3) is 10.6 Å². The predicted octanol–water partition coefficient (Wildman–Crippen LogP) is 2.84. The van der Waals surface area contributed by atoms with Gasteiger partial charge in [0.25, 0.3) is 0 Å². The number of rotatable bonds is 3. The number of aromatic nitrogens is 2. The molecule has 0 atom stereocenters. The van der Waals surface area contributed by atoms with Crippen LogP contribution in [-0.4, -0.2) is 22.6 Å². The molecular formula is C13H10ClN3OS. The summed E-state index contributed by atoms with van der Waals surface area (Å²) in [5.74, 6) is 2.27. The maximum absolute atomic E-state index is 11.5. The van der Waals surface area contributed by atoms with Crippen LogP contribution in [0.4, 0.5) is 5.13 Å². The zero-order chi connectivity index (χ0) is 13.8. The summed E-state index contributed by atoms with van der Waals surface area (Å²) in [6, 6.07) is 7.27. The average molecular weight is 292 g/mol. The van der Waals surface area contributed by atoms with E-state index in [-0.39, 0.29) is 12.5 Å². The molecule has 2 aromatic rings. The molecule has 1 aromatic carbocycles. The van der Waals surface area contributed by atoms with Gasteiger partial charge >= 0.3 is 0 Å². The van der Waals surface area contributed by atoms with Crippen LogP contribution < -0.4 is 4.90 Å². The Morgan fingerprint density at radius 1 is 1.42 bits per heavy atom. The van der Waals surface area contributed by atoms with Crippen LogP contribution >= 0.6 is 22.9 Å². The smallest absolute Gasteiger partial charge is 0.226 e. The standard InChI is InChI=1S/C13H10ClN3OS/c1-3-8-17(9(2)18)13-16-15-12(19-13)10-4-6-11(14)7-5-10/h1,4-7H,8H2,2H3. The number of carbonyl (C=O) groups excluding carboxylic acids is 1. The molecule has 1 amide bonds. The minimum atomic E-state index is -0.156. The number of halogens is 1. The fraction of sp³-hybridized carbons (Fsp3) is 0.154. The van der Waals surface area contributed by atoms with Gasteiger partial charge in [-0.15, -0.1) is 16.6 Å². The van der Waals surface area contributed by atoms with Gasteiger partial charge in [0.05, 0.1) is 6.54 Å². The maximum atomic E-state index is 11.5. The molecule has 6 heteroatoms. The lowest BCUT2D eigenvalue weighted by Crippen LogP contribution is -2.28. The van der Waals surface area contributed by atoms with E-state index in [0.717, 1.165) is 10.6 Å². The van der Waals surface area contributed by atoms with Crippen LogP contribution in [-0.2, 0) is 4.79 Å². The van der Waals surface area contributed by atoms with E-state index in [2.05, 4.69) is 16.1 Å². The van der Waals surface area contributed by atoms with Crippen molar-refractivity contribution in [2.24, 2.45) is 0 Å². The average Bonchev–Trinajstić information content (AvgIpc) is 2.85. The first-order valence-corrected chi connectivity index (χ1v) is 6.62. The summed E-state index contributed by atoms with van der Waals surface area (Å²) in [4.78, 5) is 12.9. The van der Waals surface area contributed by atoms with E-state index >= 15 is 0 Å². The lowest BCUT2D eigenvalue weighted by Gasteiger charge is -2.12. The Labute approximate surface area is 120 Å². The molecule has 1 heterocycles. The van der Waals surface area contributed by atoms with Crippen molar-refractivity contribution in [2.75, 3.05) is 11.4 Å². The minimum absolute atomic E-state index is 0.156. The molecule has 0 aliphatic heterocycles. The molecule has 4 nitrogen and oxygen atoms in total. The van der Waals surface area contributed by atoms with Crippen molar-refractivity contribution < 1.29 is 4.79 Å². The Morgan fingerprint density at radius 2 is 2.11 bits per heavy atom. The molecule has 0 spiro atoms. The first-order valence-electron chi connectivity index (χ1n) is 5.43. The zero-order valence-corrected chi connectivity index (χ0v) is 11.7. The van der Waals surface area contributed by atoms with Crippen LogP contribution in [0.1, 0.15) is 6.92 Å². The molecule has 0 saturated heterocycles. The molecule has 1 aromatic heterocycles. The molecule has 0 fully saturated rings. The summed E-state index contributed by atoms with van der Waals surface area (Å²) in [7, 11) is 0. The van der Waals surface area contributed by atoms with Gasteiger partial charge in [0.15, 0.2) is 0 Å². The van der Waals surface area contributed by atoms with Crippen molar-refractivity contribution in [2.45, 2.75) is 6.92 Å². The molecule has 0 N–H and O–H groups in total. The van der Waals surface area contributed by atoms with Gasteiger partial charge in [0.2, 0.25) is 11.0 Å². The predicted molar refractivity (Wildman–Crippen MR) is 77.2 cm³/mol. The molecule has 19 heavy (non-hydrogen) atoms. The van der Waals surface area contributed by atoms with Gasteiger partial charge in [0.1, 0.15) is 5.01 Å². The third-order valence-corrected chi connectivity index (χ3v) is 3.61. The van der Waals surface area contributed by atoms with Crippen LogP contribution in [0.15, 0.2) is 24.3 Å². The molecule has 0 bridgehead atoms. The molecule has 0 saturated carbocycles. The van der Waals surface area contributed by atoms with E-state index in [1.807, 2.05) is 12.1 Å². The molecular weight excluding hydrogens is 282 g/mol. The van der Waals surface area contributed by atoms with E-state index in [1.54, 1.807) is 12.1 Å². The Morgan fingerprint density at radius 3 is 2.68 bits per heavy atom. The van der Waals surface area contributed by atoms with Crippen LogP contribution in [0.2, 0.25) is 5.02 Å². The molecule has 96 valence electrons. The summed E-state index contributed by atoms with van der Waals surface area (Å²) >= 11 is 7.14. The van der Waals surface area contributed by atoms with Gasteiger partial charge in [0, 0.05) is 17.5 Å². The number of benzene rings is 1. The summed E-state index contributed by atoms with van der Waals surface area (Å²) in [5, 5.41) is 9.94. The number of nitrogens with zero attached hydrogens (tertiary/aromatic N) is 3. The Kier molecular flexibility index (Phi) is 4.15. The van der Waals surface area contributed by atoms with E-state index in [9.17, 15) is 4.79 Å². The molecule has 0 aliphatic rings. The van der Waals surface area contributed by atoms with E-state index in [0.29, 0.717) is 10.2 Å². The Hall–Kier alpha value is -1.90. The van der Waals surface area contributed by atoms with Crippen LogP contribution in [0.5, 0.6) is 0 Å². The second-order valence-corrected chi connectivity index (χ2v) is 5.10. The first kappa shape index (κ1) is 13.5. The third kappa shape index (κ3) is 3.11. The fourth-order valence-corrected chi connectivity index (χ4v) is 2.46. The van der Waals surface area contributed by atoms with E-state index in [1.165, 1.54) is 23.2 Å². The van der Waals surface area contributed by atoms with Crippen molar-refractivity contribution in [3.63, 3.8) is 0 Å². The topological polar surface area (TPSA) is 46.1 Å². The van der Waals surface area contributed by atoms with Gasteiger partial charge in [-0.3, -0.25) is 9.69 Å². The highest BCUT2D eigenvalue weighted by molar-refractivity contribution is 7.18. The number of carbonyl (C=O) groups is 1. The number of amides is 1. The summed E-state index contributed by atoms with van der Waals surface area (Å²) in [6.45, 7) is 1.63. The van der Waals surface area contributed by atoms with Crippen molar-refractivity contribution in [1.29, 1.82) is 0 Å². The van der Waals surface area contributed by atoms with Crippen molar-refractivity contribution >= 4 is 34.0 Å². The quantitative estimate of drug-likeness (QED) is 0.817. The summed E-state index contributed by atoms with van der Waals surface area (Å²) in [6.07, 6.45) is 5.24. The van der Waals surface area contributed by atoms with Gasteiger partial charge in [-0.2, -0.15) is 0 Å². The van der Waals surface area contributed by atoms with Crippen molar-refractivity contribution in [3.05, 3.63) is 29.3 Å².